The molecule has 0 radical (unpaired) electrons. The van der Waals surface area contributed by atoms with Gasteiger partial charge in [-0.1, -0.05) is 37.6 Å². The zero-order valence-corrected chi connectivity index (χ0v) is 12.0. The van der Waals surface area contributed by atoms with E-state index >= 15 is 0 Å². The van der Waals surface area contributed by atoms with Crippen molar-refractivity contribution >= 4 is 0 Å². The minimum Gasteiger partial charge on any atom is -0.382 e. The summed E-state index contributed by atoms with van der Waals surface area (Å²) in [4.78, 5) is 0. The second-order valence-corrected chi connectivity index (χ2v) is 5.64. The number of aromatic nitrogens is 2. The van der Waals surface area contributed by atoms with Gasteiger partial charge in [0.25, 0.3) is 0 Å². The highest BCUT2D eigenvalue weighted by Gasteiger charge is 2.25. The molecule has 1 N–H and O–H groups in total. The van der Waals surface area contributed by atoms with Crippen molar-refractivity contribution in [3.05, 3.63) is 53.3 Å². The van der Waals surface area contributed by atoms with Gasteiger partial charge in [0, 0.05) is 12.7 Å². The summed E-state index contributed by atoms with van der Waals surface area (Å²) >= 11 is 0. The molecule has 106 valence electrons. The van der Waals surface area contributed by atoms with Gasteiger partial charge in [0.1, 0.15) is 6.10 Å². The van der Waals surface area contributed by atoms with Crippen LogP contribution in [0.3, 0.4) is 0 Å². The first kappa shape index (κ1) is 13.4. The Morgan fingerprint density at radius 1 is 1.30 bits per heavy atom. The average Bonchev–Trinajstić information content (AvgIpc) is 2.85. The zero-order chi connectivity index (χ0) is 13.9. The zero-order valence-electron chi connectivity index (χ0n) is 12.0. The molecular weight excluding hydrogens is 248 g/mol. The van der Waals surface area contributed by atoms with Crippen LogP contribution in [0, 0.1) is 0 Å². The summed E-state index contributed by atoms with van der Waals surface area (Å²) in [5.41, 5.74) is 3.27. The molecule has 0 spiro atoms. The number of rotatable bonds is 5. The number of hydrogen-bond donors (Lipinski definition) is 1. The number of aliphatic hydroxyl groups is 1. The van der Waals surface area contributed by atoms with Crippen LogP contribution >= 0.6 is 0 Å². The molecule has 3 rings (SSSR count). The first-order valence-corrected chi connectivity index (χ1v) is 7.60. The van der Waals surface area contributed by atoms with Gasteiger partial charge < -0.3 is 5.11 Å². The van der Waals surface area contributed by atoms with Crippen molar-refractivity contribution in [1.82, 2.24) is 9.78 Å². The van der Waals surface area contributed by atoms with E-state index in [0.717, 1.165) is 24.2 Å². The number of aryl methyl sites for hydroxylation is 1. The van der Waals surface area contributed by atoms with E-state index in [4.69, 9.17) is 0 Å². The van der Waals surface area contributed by atoms with Gasteiger partial charge in [-0.15, -0.1) is 0 Å². The maximum Gasteiger partial charge on any atom is 0.121 e. The lowest BCUT2D eigenvalue weighted by Crippen LogP contribution is -2.16. The van der Waals surface area contributed by atoms with Gasteiger partial charge in [-0.3, -0.25) is 4.68 Å². The number of aliphatic hydroxyl groups excluding tert-OH is 1. The van der Waals surface area contributed by atoms with E-state index in [9.17, 15) is 5.11 Å². The van der Waals surface area contributed by atoms with E-state index in [1.807, 2.05) is 16.8 Å². The van der Waals surface area contributed by atoms with Crippen LogP contribution in [0.2, 0.25) is 0 Å². The molecule has 1 unspecified atom stereocenters. The van der Waals surface area contributed by atoms with Crippen LogP contribution in [-0.2, 0) is 6.54 Å². The van der Waals surface area contributed by atoms with E-state index in [1.165, 1.54) is 24.8 Å². The highest BCUT2D eigenvalue weighted by atomic mass is 16.3. The first-order chi connectivity index (χ1) is 9.81. The van der Waals surface area contributed by atoms with E-state index in [2.05, 4.69) is 30.2 Å². The minimum absolute atomic E-state index is 0.569. The third kappa shape index (κ3) is 2.38. The second kappa shape index (κ2) is 5.80. The van der Waals surface area contributed by atoms with Crippen molar-refractivity contribution in [3.8, 4) is 0 Å². The molecule has 1 aliphatic rings. The Labute approximate surface area is 120 Å². The summed E-state index contributed by atoms with van der Waals surface area (Å²) in [5.74, 6) is 0.628. The molecule has 0 saturated heterocycles. The van der Waals surface area contributed by atoms with Gasteiger partial charge >= 0.3 is 0 Å². The fourth-order valence-corrected chi connectivity index (χ4v) is 2.98. The number of nitrogens with zero attached hydrogens (tertiary/aromatic N) is 2. The molecule has 0 aliphatic heterocycles. The Morgan fingerprint density at radius 3 is 2.80 bits per heavy atom. The van der Waals surface area contributed by atoms with Crippen molar-refractivity contribution in [3.63, 3.8) is 0 Å². The maximum absolute atomic E-state index is 10.8. The Balaban J connectivity index is 1.93. The largest absolute Gasteiger partial charge is 0.382 e. The highest BCUT2D eigenvalue weighted by Crippen LogP contribution is 2.40. The Morgan fingerprint density at radius 2 is 2.10 bits per heavy atom. The van der Waals surface area contributed by atoms with Crippen LogP contribution in [0.25, 0.3) is 0 Å². The quantitative estimate of drug-likeness (QED) is 0.900. The standard InChI is InChI=1S/C17H22N2O/c1-2-12-19-16(10-11-18-19)17(20)15-9-4-3-8-14(15)13-6-5-7-13/h3-4,8-11,13,17,20H,2,5-7,12H2,1H3. The van der Waals surface area contributed by atoms with E-state index < -0.39 is 6.10 Å². The second-order valence-electron chi connectivity index (χ2n) is 5.64. The lowest BCUT2D eigenvalue weighted by molar-refractivity contribution is 0.204. The Kier molecular flexibility index (Phi) is 3.88. The molecule has 1 aromatic heterocycles. The maximum atomic E-state index is 10.8. The van der Waals surface area contributed by atoms with Crippen LogP contribution in [-0.4, -0.2) is 14.9 Å². The van der Waals surface area contributed by atoms with Gasteiger partial charge in [0.05, 0.1) is 5.69 Å². The van der Waals surface area contributed by atoms with E-state index in [0.29, 0.717) is 5.92 Å². The molecule has 1 aromatic carbocycles. The summed E-state index contributed by atoms with van der Waals surface area (Å²) in [5, 5.41) is 15.1. The summed E-state index contributed by atoms with van der Waals surface area (Å²) in [6.45, 7) is 2.98. The van der Waals surface area contributed by atoms with Crippen molar-refractivity contribution in [1.29, 1.82) is 0 Å². The molecule has 1 fully saturated rings. The van der Waals surface area contributed by atoms with Crippen molar-refractivity contribution in [2.24, 2.45) is 0 Å². The monoisotopic (exact) mass is 270 g/mol. The fraction of sp³-hybridized carbons (Fsp3) is 0.471. The molecule has 1 heterocycles. The van der Waals surface area contributed by atoms with Gasteiger partial charge in [0.15, 0.2) is 0 Å². The van der Waals surface area contributed by atoms with Gasteiger partial charge in [-0.2, -0.15) is 5.10 Å². The van der Waals surface area contributed by atoms with Crippen LogP contribution < -0.4 is 0 Å². The van der Waals surface area contributed by atoms with E-state index in [-0.39, 0.29) is 0 Å². The molecule has 3 heteroatoms. The summed E-state index contributed by atoms with van der Waals surface area (Å²) < 4.78 is 1.92. The topological polar surface area (TPSA) is 38.0 Å². The summed E-state index contributed by atoms with van der Waals surface area (Å²) in [6.07, 6.45) is 6.03. The van der Waals surface area contributed by atoms with Crippen molar-refractivity contribution in [2.75, 3.05) is 0 Å². The third-order valence-corrected chi connectivity index (χ3v) is 4.30. The predicted octanol–water partition coefficient (Wildman–Crippen LogP) is 3.64. The minimum atomic E-state index is -0.569. The predicted molar refractivity (Wildman–Crippen MR) is 79.6 cm³/mol. The molecular formula is C17H22N2O. The summed E-state index contributed by atoms with van der Waals surface area (Å²) in [7, 11) is 0. The van der Waals surface area contributed by atoms with Gasteiger partial charge in [-0.05, 0) is 42.4 Å². The first-order valence-electron chi connectivity index (χ1n) is 7.60. The molecule has 1 saturated carbocycles. The Bertz CT molecular complexity index is 572. The molecule has 20 heavy (non-hydrogen) atoms. The lowest BCUT2D eigenvalue weighted by Gasteiger charge is -2.29. The van der Waals surface area contributed by atoms with Crippen molar-refractivity contribution in [2.45, 2.75) is 51.2 Å². The van der Waals surface area contributed by atoms with Gasteiger partial charge in [0.2, 0.25) is 0 Å². The Hall–Kier alpha value is -1.61. The number of benzene rings is 1. The van der Waals surface area contributed by atoms with Crippen LogP contribution in [0.15, 0.2) is 36.5 Å². The van der Waals surface area contributed by atoms with Crippen LogP contribution in [0.4, 0.5) is 0 Å². The molecule has 2 aromatic rings. The molecule has 0 bridgehead atoms. The fourth-order valence-electron chi connectivity index (χ4n) is 2.98. The smallest absolute Gasteiger partial charge is 0.121 e. The van der Waals surface area contributed by atoms with E-state index in [1.54, 1.807) is 6.20 Å². The molecule has 1 atom stereocenters. The van der Waals surface area contributed by atoms with Gasteiger partial charge in [-0.25, -0.2) is 0 Å². The average molecular weight is 270 g/mol. The van der Waals surface area contributed by atoms with Crippen LogP contribution in [0.5, 0.6) is 0 Å². The molecule has 1 aliphatic carbocycles. The third-order valence-electron chi connectivity index (χ3n) is 4.30. The molecule has 3 nitrogen and oxygen atoms in total. The summed E-state index contributed by atoms with van der Waals surface area (Å²) in [6, 6.07) is 10.2. The highest BCUT2D eigenvalue weighted by molar-refractivity contribution is 5.37. The normalized spacial score (nSPS) is 16.9. The van der Waals surface area contributed by atoms with Crippen molar-refractivity contribution < 1.29 is 5.11 Å². The SMILES string of the molecule is CCCn1nccc1C(O)c1ccccc1C1CCC1. The number of hydrogen-bond acceptors (Lipinski definition) is 2. The van der Waals surface area contributed by atoms with Crippen LogP contribution in [0.1, 0.15) is 61.4 Å². The lowest BCUT2D eigenvalue weighted by atomic mass is 9.77. The molecule has 0 amide bonds.